The third kappa shape index (κ3) is 7.88. The van der Waals surface area contributed by atoms with E-state index >= 15 is 0 Å². The molecule has 2 unspecified atom stereocenters. The van der Waals surface area contributed by atoms with E-state index in [1.165, 1.54) is 32.4 Å². The minimum atomic E-state index is -0.423. The summed E-state index contributed by atoms with van der Waals surface area (Å²) >= 11 is 0. The lowest BCUT2D eigenvalue weighted by atomic mass is 10.1. The molecule has 0 amide bonds. The first kappa shape index (κ1) is 16.9. The molecule has 0 saturated carbocycles. The van der Waals surface area contributed by atoms with E-state index in [1.807, 2.05) is 20.8 Å². The van der Waals surface area contributed by atoms with Gasteiger partial charge in [0.2, 0.25) is 0 Å². The molecule has 1 aliphatic heterocycles. The van der Waals surface area contributed by atoms with Gasteiger partial charge < -0.3 is 15.2 Å². The van der Waals surface area contributed by atoms with Crippen LogP contribution in [0.1, 0.15) is 47.0 Å². The van der Waals surface area contributed by atoms with Gasteiger partial charge in [0.25, 0.3) is 0 Å². The number of nitrogens with one attached hydrogen (secondary N) is 1. The highest BCUT2D eigenvalue weighted by molar-refractivity contribution is 4.74. The number of nitrogens with zero attached hydrogens (tertiary/aromatic N) is 1. The summed E-state index contributed by atoms with van der Waals surface area (Å²) in [6, 6.07) is 0.552. The van der Waals surface area contributed by atoms with Crippen molar-refractivity contribution in [2.24, 2.45) is 0 Å². The fourth-order valence-electron chi connectivity index (χ4n) is 2.35. The average molecular weight is 272 g/mol. The molecule has 1 rings (SSSR count). The Bertz CT molecular complexity index is 235. The van der Waals surface area contributed by atoms with Crippen LogP contribution >= 0.6 is 0 Å². The average Bonchev–Trinajstić information content (AvgIpc) is 2.36. The Morgan fingerprint density at radius 2 is 1.79 bits per heavy atom. The van der Waals surface area contributed by atoms with E-state index in [9.17, 15) is 5.11 Å². The molecule has 0 aromatic rings. The fourth-order valence-corrected chi connectivity index (χ4v) is 2.35. The highest BCUT2D eigenvalue weighted by Gasteiger charge is 2.17. The van der Waals surface area contributed by atoms with Crippen molar-refractivity contribution in [3.63, 3.8) is 0 Å². The van der Waals surface area contributed by atoms with Crippen LogP contribution in [-0.4, -0.2) is 60.5 Å². The number of ether oxygens (including phenoxy) is 1. The van der Waals surface area contributed by atoms with Gasteiger partial charge in [-0.2, -0.15) is 0 Å². The summed E-state index contributed by atoms with van der Waals surface area (Å²) in [7, 11) is 0. The van der Waals surface area contributed by atoms with E-state index in [2.05, 4.69) is 17.1 Å². The summed E-state index contributed by atoms with van der Waals surface area (Å²) in [4.78, 5) is 2.54. The SMILES string of the molecule is CC(CNCC(O)COC(C)(C)C)N1CCCCC1. The van der Waals surface area contributed by atoms with E-state index in [-0.39, 0.29) is 5.60 Å². The van der Waals surface area contributed by atoms with Gasteiger partial charge in [-0.15, -0.1) is 0 Å². The van der Waals surface area contributed by atoms with Crippen molar-refractivity contribution in [1.29, 1.82) is 0 Å². The highest BCUT2D eigenvalue weighted by atomic mass is 16.5. The van der Waals surface area contributed by atoms with Gasteiger partial charge in [0, 0.05) is 19.1 Å². The minimum absolute atomic E-state index is 0.178. The second kappa shape index (κ2) is 8.20. The standard InChI is InChI=1S/C15H32N2O2/c1-13(17-8-6-5-7-9-17)10-16-11-14(18)12-19-15(2,3)4/h13-14,16,18H,5-12H2,1-4H3. The molecule has 2 N–H and O–H groups in total. The van der Waals surface area contributed by atoms with Crippen molar-refractivity contribution in [2.75, 3.05) is 32.8 Å². The van der Waals surface area contributed by atoms with Crippen LogP contribution in [0.4, 0.5) is 0 Å². The quantitative estimate of drug-likeness (QED) is 0.739. The maximum Gasteiger partial charge on any atom is 0.0897 e. The summed E-state index contributed by atoms with van der Waals surface area (Å²) in [6.45, 7) is 12.7. The van der Waals surface area contributed by atoms with Gasteiger partial charge in [0.1, 0.15) is 0 Å². The predicted octanol–water partition coefficient (Wildman–Crippen LogP) is 1.63. The number of hydrogen-bond acceptors (Lipinski definition) is 4. The molecule has 0 radical (unpaired) electrons. The Hall–Kier alpha value is -0.160. The second-order valence-electron chi connectivity index (χ2n) is 6.68. The first-order chi connectivity index (χ1) is 8.88. The summed E-state index contributed by atoms with van der Waals surface area (Å²) in [5, 5.41) is 13.2. The zero-order chi connectivity index (χ0) is 14.3. The Labute approximate surface area is 118 Å². The van der Waals surface area contributed by atoms with Gasteiger partial charge in [-0.3, -0.25) is 4.90 Å². The highest BCUT2D eigenvalue weighted by Crippen LogP contribution is 2.11. The summed E-state index contributed by atoms with van der Waals surface area (Å²) < 4.78 is 5.56. The third-order valence-electron chi connectivity index (χ3n) is 3.54. The third-order valence-corrected chi connectivity index (χ3v) is 3.54. The Morgan fingerprint density at radius 1 is 1.16 bits per heavy atom. The molecular formula is C15H32N2O2. The van der Waals surface area contributed by atoms with Crippen LogP contribution in [0.25, 0.3) is 0 Å². The van der Waals surface area contributed by atoms with Crippen molar-refractivity contribution >= 4 is 0 Å². The molecule has 1 heterocycles. The maximum atomic E-state index is 9.83. The number of rotatable bonds is 7. The minimum Gasteiger partial charge on any atom is -0.389 e. The number of likely N-dealkylation sites (tertiary alicyclic amines) is 1. The van der Waals surface area contributed by atoms with Crippen LogP contribution in [0.2, 0.25) is 0 Å². The summed E-state index contributed by atoms with van der Waals surface area (Å²) in [5.74, 6) is 0. The Kier molecular flexibility index (Phi) is 7.29. The Morgan fingerprint density at radius 3 is 2.37 bits per heavy atom. The van der Waals surface area contributed by atoms with E-state index < -0.39 is 6.10 Å². The first-order valence-electron chi connectivity index (χ1n) is 7.65. The van der Waals surface area contributed by atoms with Crippen molar-refractivity contribution < 1.29 is 9.84 Å². The molecule has 114 valence electrons. The lowest BCUT2D eigenvalue weighted by Crippen LogP contribution is -2.45. The topological polar surface area (TPSA) is 44.7 Å². The molecule has 4 heteroatoms. The van der Waals surface area contributed by atoms with Crippen molar-refractivity contribution in [3.8, 4) is 0 Å². The maximum absolute atomic E-state index is 9.83. The second-order valence-corrected chi connectivity index (χ2v) is 6.68. The molecular weight excluding hydrogens is 240 g/mol. The molecule has 1 saturated heterocycles. The van der Waals surface area contributed by atoms with E-state index in [0.717, 1.165) is 6.54 Å². The van der Waals surface area contributed by atoms with Gasteiger partial charge in [0.15, 0.2) is 0 Å². The molecule has 4 nitrogen and oxygen atoms in total. The normalized spacial score (nSPS) is 21.3. The number of piperidine rings is 1. The molecule has 2 atom stereocenters. The van der Waals surface area contributed by atoms with Crippen LogP contribution in [0.5, 0.6) is 0 Å². The lowest BCUT2D eigenvalue weighted by Gasteiger charge is -2.32. The zero-order valence-corrected chi connectivity index (χ0v) is 13.1. The molecule has 0 spiro atoms. The first-order valence-corrected chi connectivity index (χ1v) is 7.65. The monoisotopic (exact) mass is 272 g/mol. The predicted molar refractivity (Wildman–Crippen MR) is 79.5 cm³/mol. The van der Waals surface area contributed by atoms with Gasteiger partial charge in [-0.05, 0) is 53.6 Å². The molecule has 0 bridgehead atoms. The summed E-state index contributed by atoms with van der Waals surface area (Å²) in [5.41, 5.74) is -0.178. The fraction of sp³-hybridized carbons (Fsp3) is 1.00. The molecule has 0 aliphatic carbocycles. The van der Waals surface area contributed by atoms with Crippen LogP contribution < -0.4 is 5.32 Å². The number of hydrogen-bond donors (Lipinski definition) is 2. The molecule has 0 aromatic heterocycles. The largest absolute Gasteiger partial charge is 0.389 e. The van der Waals surface area contributed by atoms with Gasteiger partial charge in [-0.1, -0.05) is 6.42 Å². The number of aliphatic hydroxyl groups excluding tert-OH is 1. The molecule has 1 aliphatic rings. The molecule has 0 aromatic carbocycles. The molecule has 19 heavy (non-hydrogen) atoms. The smallest absolute Gasteiger partial charge is 0.0897 e. The Balaban J connectivity index is 2.08. The van der Waals surface area contributed by atoms with Crippen LogP contribution in [0.15, 0.2) is 0 Å². The van der Waals surface area contributed by atoms with E-state index in [0.29, 0.717) is 19.2 Å². The van der Waals surface area contributed by atoms with Crippen molar-refractivity contribution in [1.82, 2.24) is 10.2 Å². The molecule has 1 fully saturated rings. The van der Waals surface area contributed by atoms with Crippen molar-refractivity contribution in [2.45, 2.75) is 64.7 Å². The van der Waals surface area contributed by atoms with Gasteiger partial charge >= 0.3 is 0 Å². The zero-order valence-electron chi connectivity index (χ0n) is 13.1. The van der Waals surface area contributed by atoms with Gasteiger partial charge in [-0.25, -0.2) is 0 Å². The van der Waals surface area contributed by atoms with Crippen LogP contribution in [0, 0.1) is 0 Å². The van der Waals surface area contributed by atoms with E-state index in [1.54, 1.807) is 0 Å². The van der Waals surface area contributed by atoms with Crippen LogP contribution in [0.3, 0.4) is 0 Å². The van der Waals surface area contributed by atoms with Gasteiger partial charge in [0.05, 0.1) is 18.3 Å². The summed E-state index contributed by atoms with van der Waals surface area (Å²) in [6.07, 6.45) is 3.60. The van der Waals surface area contributed by atoms with E-state index in [4.69, 9.17) is 4.74 Å². The van der Waals surface area contributed by atoms with Crippen molar-refractivity contribution in [3.05, 3.63) is 0 Å². The number of aliphatic hydroxyl groups is 1. The lowest BCUT2D eigenvalue weighted by molar-refractivity contribution is -0.0480. The van der Waals surface area contributed by atoms with Crippen LogP contribution in [-0.2, 0) is 4.74 Å².